The van der Waals surface area contributed by atoms with Gasteiger partial charge in [-0.15, -0.1) is 0 Å². The highest BCUT2D eigenvalue weighted by molar-refractivity contribution is 5.96. The second-order valence-corrected chi connectivity index (χ2v) is 19.4. The van der Waals surface area contributed by atoms with Crippen LogP contribution < -0.4 is 14.7 Å². The third-order valence-corrected chi connectivity index (χ3v) is 15.0. The van der Waals surface area contributed by atoms with Gasteiger partial charge in [0.2, 0.25) is 0 Å². The summed E-state index contributed by atoms with van der Waals surface area (Å²) in [5.74, 6) is 0. The lowest BCUT2D eigenvalue weighted by Crippen LogP contribution is -2.38. The van der Waals surface area contributed by atoms with Crippen molar-refractivity contribution in [3.05, 3.63) is 245 Å². The van der Waals surface area contributed by atoms with Gasteiger partial charge in [-0.25, -0.2) is 0 Å². The maximum absolute atomic E-state index is 2.58. The lowest BCUT2D eigenvalue weighted by Gasteiger charge is -2.50. The maximum Gasteiger partial charge on any atom is 0.0544 e. The zero-order chi connectivity index (χ0) is 43.6. The third-order valence-electron chi connectivity index (χ3n) is 15.0. The molecule has 0 atom stereocenters. The Hall–Kier alpha value is -7.62. The Morgan fingerprint density at radius 3 is 1.26 bits per heavy atom. The summed E-state index contributed by atoms with van der Waals surface area (Å²) in [6.45, 7) is 9.73. The van der Waals surface area contributed by atoms with Gasteiger partial charge in [-0.05, 0) is 146 Å². The molecule has 0 bridgehead atoms. The van der Waals surface area contributed by atoms with E-state index < -0.39 is 0 Å². The Bertz CT molecular complexity index is 3400. The van der Waals surface area contributed by atoms with Gasteiger partial charge in [-0.2, -0.15) is 0 Å². The molecule has 0 fully saturated rings. The third kappa shape index (κ3) is 5.61. The van der Waals surface area contributed by atoms with Gasteiger partial charge in [0.1, 0.15) is 0 Å². The second kappa shape index (κ2) is 13.9. The molecule has 0 radical (unpaired) electrons. The van der Waals surface area contributed by atoms with Crippen molar-refractivity contribution in [2.45, 2.75) is 51.4 Å². The SMILES string of the molecule is CC1(C)c2ccccc2N2c3ccc(-c4ccc5c(c4)N(c4ccccc4)c4ccccc4C5)cc3C(C)(C)c3cc(-c4ccc5c(c4)N(c4ccccc4)c4ccccc4C5)cc1c32. The van der Waals surface area contributed by atoms with E-state index in [1.54, 1.807) is 0 Å². The summed E-state index contributed by atoms with van der Waals surface area (Å²) in [7, 11) is 0. The predicted molar refractivity (Wildman–Crippen MR) is 271 cm³/mol. The zero-order valence-electron chi connectivity index (χ0n) is 37.3. The first-order chi connectivity index (χ1) is 31.7. The van der Waals surface area contributed by atoms with Crippen LogP contribution in [0.5, 0.6) is 0 Å². The van der Waals surface area contributed by atoms with Gasteiger partial charge >= 0.3 is 0 Å². The zero-order valence-corrected chi connectivity index (χ0v) is 37.3. The average molecular weight is 836 g/mol. The fraction of sp³-hybridized carbons (Fsp3) is 0.129. The van der Waals surface area contributed by atoms with E-state index in [1.165, 1.54) is 118 Å². The number of hydrogen-bond acceptors (Lipinski definition) is 3. The molecule has 9 aromatic rings. The molecule has 0 saturated carbocycles. The summed E-state index contributed by atoms with van der Waals surface area (Å²) in [6, 6.07) is 75.0. The van der Waals surface area contributed by atoms with Crippen LogP contribution in [0.4, 0.5) is 51.2 Å². The monoisotopic (exact) mass is 835 g/mol. The molecular formula is C62H49N3. The molecule has 3 nitrogen and oxygen atoms in total. The molecule has 4 heterocycles. The molecule has 4 aliphatic rings. The Kier molecular flexibility index (Phi) is 8.13. The number of nitrogens with zero attached hydrogens (tertiary/aromatic N) is 3. The standard InChI is InChI=1S/C62H49N3/c1-61(2)50-23-13-16-26-56(50)65-57-32-31-40(41-27-29-45-33-43-17-11-14-24-54(43)63(58(45)38-41)48-19-7-5-8-20-48)35-51(57)62(3,4)53-37-47(36-52(61)60(53)65)42-28-30-46-34-44-18-12-15-25-55(44)64(59(46)39-42)49-21-9-6-10-22-49/h5-32,35-39H,33-34H2,1-4H3. The molecule has 312 valence electrons. The van der Waals surface area contributed by atoms with Crippen molar-refractivity contribution >= 4 is 51.2 Å². The average Bonchev–Trinajstić information content (AvgIpc) is 3.34. The summed E-state index contributed by atoms with van der Waals surface area (Å²) in [5, 5.41) is 0. The minimum atomic E-state index is -0.309. The number of para-hydroxylation sites is 5. The topological polar surface area (TPSA) is 9.72 Å². The first-order valence-electron chi connectivity index (χ1n) is 23.1. The van der Waals surface area contributed by atoms with Crippen LogP contribution in [-0.2, 0) is 23.7 Å². The van der Waals surface area contributed by atoms with Gasteiger partial charge in [0.25, 0.3) is 0 Å². The van der Waals surface area contributed by atoms with E-state index in [0.717, 1.165) is 12.8 Å². The molecule has 0 amide bonds. The Balaban J connectivity index is 0.979. The highest BCUT2D eigenvalue weighted by Crippen LogP contribution is 2.61. The molecule has 0 spiro atoms. The van der Waals surface area contributed by atoms with Gasteiger partial charge in [-0.1, -0.05) is 149 Å². The van der Waals surface area contributed by atoms with E-state index in [-0.39, 0.29) is 10.8 Å². The number of benzene rings is 9. The predicted octanol–water partition coefficient (Wildman–Crippen LogP) is 16.5. The van der Waals surface area contributed by atoms with Crippen LogP contribution >= 0.6 is 0 Å². The van der Waals surface area contributed by atoms with Crippen LogP contribution in [0.3, 0.4) is 0 Å². The van der Waals surface area contributed by atoms with E-state index in [1.807, 2.05) is 0 Å². The number of anilines is 9. The number of rotatable bonds is 4. The smallest absolute Gasteiger partial charge is 0.0544 e. The summed E-state index contributed by atoms with van der Waals surface area (Å²) in [5.41, 5.74) is 26.4. The minimum absolute atomic E-state index is 0.226. The van der Waals surface area contributed by atoms with E-state index in [4.69, 9.17) is 0 Å². The van der Waals surface area contributed by atoms with Crippen LogP contribution in [0.15, 0.2) is 200 Å². The second-order valence-electron chi connectivity index (χ2n) is 19.4. The Labute approximate surface area is 382 Å². The van der Waals surface area contributed by atoms with Gasteiger partial charge < -0.3 is 14.7 Å². The molecule has 65 heavy (non-hydrogen) atoms. The van der Waals surface area contributed by atoms with Crippen LogP contribution in [0.25, 0.3) is 22.3 Å². The molecule has 0 aromatic heterocycles. The fourth-order valence-electron chi connectivity index (χ4n) is 11.6. The normalized spacial score (nSPS) is 15.4. The molecule has 9 aromatic carbocycles. The molecule has 0 N–H and O–H groups in total. The number of fused-ring (bicyclic) bond motifs is 8. The van der Waals surface area contributed by atoms with Crippen molar-refractivity contribution in [1.29, 1.82) is 0 Å². The summed E-state index contributed by atoms with van der Waals surface area (Å²) >= 11 is 0. The van der Waals surface area contributed by atoms with Gasteiger partial charge in [-0.3, -0.25) is 0 Å². The molecule has 4 aliphatic heterocycles. The van der Waals surface area contributed by atoms with Crippen LogP contribution in [0.2, 0.25) is 0 Å². The van der Waals surface area contributed by atoms with E-state index >= 15 is 0 Å². The maximum atomic E-state index is 2.58. The molecule has 13 rings (SSSR count). The molecular weight excluding hydrogens is 787 g/mol. The van der Waals surface area contributed by atoms with Crippen molar-refractivity contribution in [3.8, 4) is 22.3 Å². The van der Waals surface area contributed by atoms with Crippen molar-refractivity contribution in [2.24, 2.45) is 0 Å². The lowest BCUT2D eigenvalue weighted by atomic mass is 9.65. The van der Waals surface area contributed by atoms with Crippen molar-refractivity contribution < 1.29 is 0 Å². The molecule has 0 unspecified atom stereocenters. The first-order valence-corrected chi connectivity index (χ1v) is 23.1. The minimum Gasteiger partial charge on any atom is -0.310 e. The summed E-state index contributed by atoms with van der Waals surface area (Å²) in [4.78, 5) is 7.49. The Morgan fingerprint density at radius 1 is 0.292 bits per heavy atom. The van der Waals surface area contributed by atoms with Crippen LogP contribution in [-0.4, -0.2) is 0 Å². The van der Waals surface area contributed by atoms with Crippen LogP contribution in [0, 0.1) is 0 Å². The summed E-state index contributed by atoms with van der Waals surface area (Å²) in [6.07, 6.45) is 1.83. The first kappa shape index (κ1) is 37.9. The van der Waals surface area contributed by atoms with Crippen molar-refractivity contribution in [2.75, 3.05) is 14.7 Å². The highest BCUT2D eigenvalue weighted by atomic mass is 15.2. The van der Waals surface area contributed by atoms with E-state index in [2.05, 4.69) is 243 Å². The van der Waals surface area contributed by atoms with Gasteiger partial charge in [0.05, 0.1) is 28.4 Å². The van der Waals surface area contributed by atoms with E-state index in [0.29, 0.717) is 0 Å². The van der Waals surface area contributed by atoms with Gasteiger partial charge in [0, 0.05) is 46.4 Å². The van der Waals surface area contributed by atoms with Crippen molar-refractivity contribution in [3.63, 3.8) is 0 Å². The molecule has 0 saturated heterocycles. The quantitative estimate of drug-likeness (QED) is 0.175. The highest BCUT2D eigenvalue weighted by Gasteiger charge is 2.46. The van der Waals surface area contributed by atoms with Gasteiger partial charge in [0.15, 0.2) is 0 Å². The molecule has 0 aliphatic carbocycles. The van der Waals surface area contributed by atoms with E-state index in [9.17, 15) is 0 Å². The summed E-state index contributed by atoms with van der Waals surface area (Å²) < 4.78 is 0. The largest absolute Gasteiger partial charge is 0.310 e. The Morgan fingerprint density at radius 2 is 0.692 bits per heavy atom. The molecule has 3 heteroatoms. The van der Waals surface area contributed by atoms with Crippen molar-refractivity contribution in [1.82, 2.24) is 0 Å². The van der Waals surface area contributed by atoms with Crippen LogP contribution in [0.1, 0.15) is 72.2 Å². The number of hydrogen-bond donors (Lipinski definition) is 0. The lowest BCUT2D eigenvalue weighted by molar-refractivity contribution is 0.598. The fourth-order valence-corrected chi connectivity index (χ4v) is 11.6.